The van der Waals surface area contributed by atoms with Crippen LogP contribution in [0.1, 0.15) is 17.3 Å². The summed E-state index contributed by atoms with van der Waals surface area (Å²) >= 11 is 5.70. The fourth-order valence-electron chi connectivity index (χ4n) is 1.58. The molecule has 0 bridgehead atoms. The average molecular weight is 325 g/mol. The average Bonchev–Trinajstić information content (AvgIpc) is 2.34. The van der Waals surface area contributed by atoms with Crippen molar-refractivity contribution in [3.63, 3.8) is 0 Å². The molecule has 1 rings (SSSR count). The van der Waals surface area contributed by atoms with E-state index in [0.717, 1.165) is 0 Å². The molecule has 0 aliphatic heterocycles. The Hall–Kier alpha value is -1.96. The summed E-state index contributed by atoms with van der Waals surface area (Å²) in [7, 11) is 0. The van der Waals surface area contributed by atoms with Crippen LogP contribution in [0.25, 0.3) is 0 Å². The molecule has 0 saturated heterocycles. The lowest BCUT2D eigenvalue weighted by atomic mass is 10.2. The summed E-state index contributed by atoms with van der Waals surface area (Å²) in [6.07, 6.45) is -4.54. The van der Waals surface area contributed by atoms with Gasteiger partial charge in [0, 0.05) is 6.54 Å². The van der Waals surface area contributed by atoms with Gasteiger partial charge in [-0.3, -0.25) is 0 Å². The summed E-state index contributed by atoms with van der Waals surface area (Å²) in [4.78, 5) is 23.4. The van der Waals surface area contributed by atoms with Gasteiger partial charge in [-0.2, -0.15) is 13.2 Å². The molecule has 0 aliphatic rings. The number of carboxylic acid groups (broad SMARTS) is 1. The first-order valence-corrected chi connectivity index (χ1v) is 6.18. The van der Waals surface area contributed by atoms with E-state index in [1.165, 1.54) is 25.1 Å². The third-order valence-electron chi connectivity index (χ3n) is 2.51. The second kappa shape index (κ2) is 6.66. The Morgan fingerprint density at radius 2 is 2.00 bits per heavy atom. The Balaban J connectivity index is 2.97. The van der Waals surface area contributed by atoms with Crippen molar-refractivity contribution in [2.45, 2.75) is 13.1 Å². The first-order chi connectivity index (χ1) is 9.65. The highest BCUT2D eigenvalue weighted by Crippen LogP contribution is 2.25. The lowest BCUT2D eigenvalue weighted by Crippen LogP contribution is -2.41. The highest BCUT2D eigenvalue weighted by Gasteiger charge is 2.32. The number of nitrogens with zero attached hydrogens (tertiary/aromatic N) is 1. The van der Waals surface area contributed by atoms with Gasteiger partial charge in [-0.05, 0) is 19.1 Å². The van der Waals surface area contributed by atoms with Crippen LogP contribution < -0.4 is 5.32 Å². The Kier molecular flexibility index (Phi) is 5.42. The van der Waals surface area contributed by atoms with Crippen molar-refractivity contribution in [1.82, 2.24) is 4.90 Å². The van der Waals surface area contributed by atoms with Crippen molar-refractivity contribution >= 4 is 29.3 Å². The first-order valence-electron chi connectivity index (χ1n) is 5.80. The zero-order chi connectivity index (χ0) is 16.2. The summed E-state index contributed by atoms with van der Waals surface area (Å²) in [6, 6.07) is 2.87. The molecule has 0 fully saturated rings. The number of hydrogen-bond donors (Lipinski definition) is 2. The van der Waals surface area contributed by atoms with Gasteiger partial charge < -0.3 is 15.3 Å². The number of aromatic carboxylic acids is 1. The lowest BCUT2D eigenvalue weighted by Gasteiger charge is -2.23. The molecule has 116 valence electrons. The minimum Gasteiger partial charge on any atom is -0.478 e. The minimum atomic E-state index is -4.54. The Morgan fingerprint density at radius 3 is 2.48 bits per heavy atom. The maximum Gasteiger partial charge on any atom is 0.406 e. The Morgan fingerprint density at radius 1 is 1.38 bits per heavy atom. The number of amides is 2. The van der Waals surface area contributed by atoms with E-state index >= 15 is 0 Å². The van der Waals surface area contributed by atoms with Crippen LogP contribution in [0.5, 0.6) is 0 Å². The van der Waals surface area contributed by atoms with Crippen LogP contribution in [0, 0.1) is 0 Å². The third kappa shape index (κ3) is 4.82. The molecule has 1 aromatic carbocycles. The van der Waals surface area contributed by atoms with Crippen molar-refractivity contribution in [2.75, 3.05) is 18.4 Å². The van der Waals surface area contributed by atoms with Gasteiger partial charge in [0.2, 0.25) is 0 Å². The smallest absolute Gasteiger partial charge is 0.406 e. The molecule has 0 aliphatic carbocycles. The molecule has 5 nitrogen and oxygen atoms in total. The van der Waals surface area contributed by atoms with E-state index in [2.05, 4.69) is 5.32 Å². The number of hydrogen-bond acceptors (Lipinski definition) is 2. The Labute approximate surface area is 123 Å². The summed E-state index contributed by atoms with van der Waals surface area (Å²) in [5, 5.41) is 11.0. The van der Waals surface area contributed by atoms with E-state index in [1.807, 2.05) is 0 Å². The number of nitrogens with one attached hydrogen (secondary N) is 1. The molecule has 0 saturated carbocycles. The maximum atomic E-state index is 12.3. The zero-order valence-corrected chi connectivity index (χ0v) is 11.6. The number of benzene rings is 1. The fraction of sp³-hybridized carbons (Fsp3) is 0.333. The first kappa shape index (κ1) is 17.1. The van der Waals surface area contributed by atoms with Gasteiger partial charge >= 0.3 is 18.2 Å². The molecule has 1 aromatic rings. The topological polar surface area (TPSA) is 69.6 Å². The molecule has 0 radical (unpaired) electrons. The summed E-state index contributed by atoms with van der Waals surface area (Å²) in [5.74, 6) is -1.39. The van der Waals surface area contributed by atoms with Gasteiger partial charge in [0.1, 0.15) is 12.1 Å². The van der Waals surface area contributed by atoms with E-state index in [9.17, 15) is 22.8 Å². The number of carboxylic acids is 1. The molecule has 0 unspecified atom stereocenters. The van der Waals surface area contributed by atoms with Gasteiger partial charge in [0.15, 0.2) is 0 Å². The van der Waals surface area contributed by atoms with Crippen molar-refractivity contribution in [3.8, 4) is 0 Å². The van der Waals surface area contributed by atoms with Crippen molar-refractivity contribution in [2.24, 2.45) is 0 Å². The van der Waals surface area contributed by atoms with E-state index in [1.54, 1.807) is 0 Å². The zero-order valence-electron chi connectivity index (χ0n) is 10.9. The second-order valence-electron chi connectivity index (χ2n) is 4.03. The second-order valence-corrected chi connectivity index (χ2v) is 4.43. The van der Waals surface area contributed by atoms with Gasteiger partial charge in [-0.15, -0.1) is 0 Å². The fourth-order valence-corrected chi connectivity index (χ4v) is 1.84. The van der Waals surface area contributed by atoms with Crippen molar-refractivity contribution < 1.29 is 27.9 Å². The molecule has 2 amide bonds. The number of carbonyl (C=O) groups excluding carboxylic acids is 1. The molecule has 2 N–H and O–H groups in total. The number of anilines is 1. The largest absolute Gasteiger partial charge is 0.478 e. The molecule has 9 heteroatoms. The normalized spacial score (nSPS) is 11.1. The predicted molar refractivity (Wildman–Crippen MR) is 70.7 cm³/mol. The highest BCUT2D eigenvalue weighted by atomic mass is 35.5. The third-order valence-corrected chi connectivity index (χ3v) is 2.82. The van der Waals surface area contributed by atoms with Crippen LogP contribution in [0.3, 0.4) is 0 Å². The number of halogens is 4. The minimum absolute atomic E-state index is 0.126. The molecule has 21 heavy (non-hydrogen) atoms. The monoisotopic (exact) mass is 324 g/mol. The highest BCUT2D eigenvalue weighted by molar-refractivity contribution is 6.34. The molecule has 0 aromatic heterocycles. The predicted octanol–water partition coefficient (Wildman–Crippen LogP) is 3.45. The summed E-state index contributed by atoms with van der Waals surface area (Å²) < 4.78 is 37.0. The SMILES string of the molecule is CCN(CC(F)(F)F)C(=O)Nc1cccc(Cl)c1C(=O)O. The summed E-state index contributed by atoms with van der Waals surface area (Å²) in [6.45, 7) is -0.242. The van der Waals surface area contributed by atoms with Crippen LogP contribution >= 0.6 is 11.6 Å². The van der Waals surface area contributed by atoms with Crippen LogP contribution in [0.15, 0.2) is 18.2 Å². The van der Waals surface area contributed by atoms with Crippen LogP contribution in [-0.2, 0) is 0 Å². The van der Waals surface area contributed by atoms with E-state index in [4.69, 9.17) is 16.7 Å². The quantitative estimate of drug-likeness (QED) is 0.891. The van der Waals surface area contributed by atoms with Crippen molar-refractivity contribution in [3.05, 3.63) is 28.8 Å². The van der Waals surface area contributed by atoms with E-state index < -0.39 is 24.7 Å². The summed E-state index contributed by atoms with van der Waals surface area (Å²) in [5.41, 5.74) is -0.545. The number of alkyl halides is 3. The van der Waals surface area contributed by atoms with Gasteiger partial charge in [-0.25, -0.2) is 9.59 Å². The number of carbonyl (C=O) groups is 2. The van der Waals surface area contributed by atoms with E-state index in [0.29, 0.717) is 4.90 Å². The number of rotatable bonds is 4. The molecule has 0 heterocycles. The van der Waals surface area contributed by atoms with E-state index in [-0.39, 0.29) is 22.8 Å². The van der Waals surface area contributed by atoms with Gasteiger partial charge in [0.05, 0.1) is 10.7 Å². The molecular formula is C12H12ClF3N2O3. The van der Waals surface area contributed by atoms with Crippen LogP contribution in [0.4, 0.5) is 23.7 Å². The lowest BCUT2D eigenvalue weighted by molar-refractivity contribution is -0.139. The van der Waals surface area contributed by atoms with Crippen molar-refractivity contribution in [1.29, 1.82) is 0 Å². The Bertz CT molecular complexity index is 549. The molecule has 0 atom stereocenters. The number of urea groups is 1. The maximum absolute atomic E-state index is 12.3. The molecular weight excluding hydrogens is 313 g/mol. The van der Waals surface area contributed by atoms with Crippen LogP contribution in [0.2, 0.25) is 5.02 Å². The molecule has 0 spiro atoms. The van der Waals surface area contributed by atoms with Gasteiger partial charge in [0.25, 0.3) is 0 Å². The van der Waals surface area contributed by atoms with Crippen LogP contribution in [-0.4, -0.2) is 41.3 Å². The standard InChI is InChI=1S/C12H12ClF3N2O3/c1-2-18(6-12(14,15)16)11(21)17-8-5-3-4-7(13)9(8)10(19)20/h3-5H,2,6H2,1H3,(H,17,21)(H,19,20). The van der Waals surface area contributed by atoms with Gasteiger partial charge in [-0.1, -0.05) is 17.7 Å².